The van der Waals surface area contributed by atoms with Gasteiger partial charge in [0.1, 0.15) is 11.5 Å². The van der Waals surface area contributed by atoms with Crippen LogP contribution >= 0.6 is 11.6 Å². The molecule has 1 N–H and O–H groups in total. The fraction of sp³-hybridized carbons (Fsp3) is 0.176. The third-order valence-corrected chi connectivity index (χ3v) is 3.57. The van der Waals surface area contributed by atoms with E-state index in [-0.39, 0.29) is 5.91 Å². The summed E-state index contributed by atoms with van der Waals surface area (Å²) in [7, 11) is 3.15. The normalized spacial score (nSPS) is 11.0. The fourth-order valence-electron chi connectivity index (χ4n) is 2.00. The van der Waals surface area contributed by atoms with Gasteiger partial charge >= 0.3 is 0 Å². The number of rotatable bonds is 5. The number of hydrogen-bond acceptors (Lipinski definition) is 4. The van der Waals surface area contributed by atoms with E-state index in [1.807, 2.05) is 6.07 Å². The summed E-state index contributed by atoms with van der Waals surface area (Å²) in [6.45, 7) is 1.78. The van der Waals surface area contributed by atoms with Crippen molar-refractivity contribution in [3.63, 3.8) is 0 Å². The molecule has 2 aromatic carbocycles. The van der Waals surface area contributed by atoms with Crippen LogP contribution < -0.4 is 14.9 Å². The van der Waals surface area contributed by atoms with E-state index in [1.54, 1.807) is 57.5 Å². The molecule has 2 aromatic rings. The summed E-state index contributed by atoms with van der Waals surface area (Å²) in [5, 5.41) is 4.49. The predicted octanol–water partition coefficient (Wildman–Crippen LogP) is 3.51. The second-order valence-electron chi connectivity index (χ2n) is 4.68. The van der Waals surface area contributed by atoms with E-state index in [9.17, 15) is 4.79 Å². The lowest BCUT2D eigenvalue weighted by molar-refractivity contribution is 0.0955. The number of carbonyl (C=O) groups is 1. The zero-order chi connectivity index (χ0) is 16.8. The standard InChI is InChI=1S/C17H17ClN2O3/c1-11(13-9-8-12(22-2)10-16(13)23-3)19-20-17(21)14-6-4-5-7-15(14)18/h4-10H,1-3H3,(H,20,21)/b19-11-. The number of hydrogen-bond donors (Lipinski definition) is 1. The van der Waals surface area contributed by atoms with Crippen molar-refractivity contribution in [2.45, 2.75) is 6.92 Å². The second kappa shape index (κ2) is 7.65. The Hall–Kier alpha value is -2.53. The highest BCUT2D eigenvalue weighted by Crippen LogP contribution is 2.25. The topological polar surface area (TPSA) is 59.9 Å². The van der Waals surface area contributed by atoms with Gasteiger partial charge in [-0.2, -0.15) is 5.10 Å². The molecule has 0 spiro atoms. The highest BCUT2D eigenvalue weighted by molar-refractivity contribution is 6.33. The summed E-state index contributed by atoms with van der Waals surface area (Å²) >= 11 is 5.99. The molecule has 5 nitrogen and oxygen atoms in total. The van der Waals surface area contributed by atoms with E-state index in [4.69, 9.17) is 21.1 Å². The van der Waals surface area contributed by atoms with E-state index in [0.29, 0.717) is 27.8 Å². The van der Waals surface area contributed by atoms with Crippen LogP contribution in [0.15, 0.2) is 47.6 Å². The van der Waals surface area contributed by atoms with E-state index in [1.165, 1.54) is 0 Å². The van der Waals surface area contributed by atoms with Crippen molar-refractivity contribution < 1.29 is 14.3 Å². The minimum Gasteiger partial charge on any atom is -0.497 e. The fourth-order valence-corrected chi connectivity index (χ4v) is 2.22. The van der Waals surface area contributed by atoms with Gasteiger partial charge in [0.2, 0.25) is 0 Å². The molecule has 2 rings (SSSR count). The van der Waals surface area contributed by atoms with E-state index in [2.05, 4.69) is 10.5 Å². The molecule has 0 saturated heterocycles. The molecular weight excluding hydrogens is 316 g/mol. The number of halogens is 1. The van der Waals surface area contributed by atoms with Crippen molar-refractivity contribution in [3.8, 4) is 11.5 Å². The largest absolute Gasteiger partial charge is 0.497 e. The van der Waals surface area contributed by atoms with Crippen LogP contribution in [0.25, 0.3) is 0 Å². The average Bonchev–Trinajstić information content (AvgIpc) is 2.59. The molecule has 0 fully saturated rings. The molecular formula is C17H17ClN2O3. The molecule has 0 atom stereocenters. The number of hydrazone groups is 1. The number of carbonyl (C=O) groups excluding carboxylic acids is 1. The molecule has 0 bridgehead atoms. The van der Waals surface area contributed by atoms with Crippen LogP contribution in [0.3, 0.4) is 0 Å². The Kier molecular flexibility index (Phi) is 5.60. The predicted molar refractivity (Wildman–Crippen MR) is 90.7 cm³/mol. The van der Waals surface area contributed by atoms with Crippen molar-refractivity contribution in [2.24, 2.45) is 5.10 Å². The molecule has 0 aliphatic rings. The lowest BCUT2D eigenvalue weighted by atomic mass is 10.1. The zero-order valence-corrected chi connectivity index (χ0v) is 13.8. The number of nitrogens with one attached hydrogen (secondary N) is 1. The first-order valence-electron chi connectivity index (χ1n) is 6.88. The molecule has 0 aliphatic carbocycles. The quantitative estimate of drug-likeness (QED) is 0.673. The summed E-state index contributed by atoms with van der Waals surface area (Å²) in [5.74, 6) is 0.915. The van der Waals surface area contributed by atoms with Gasteiger partial charge in [0.25, 0.3) is 5.91 Å². The number of amides is 1. The Labute approximate surface area is 139 Å². The molecule has 0 saturated carbocycles. The third-order valence-electron chi connectivity index (χ3n) is 3.24. The van der Waals surface area contributed by atoms with Gasteiger partial charge in [0, 0.05) is 11.6 Å². The van der Waals surface area contributed by atoms with Crippen LogP contribution in [-0.2, 0) is 0 Å². The van der Waals surface area contributed by atoms with Crippen molar-refractivity contribution in [2.75, 3.05) is 14.2 Å². The van der Waals surface area contributed by atoms with Gasteiger partial charge in [-0.1, -0.05) is 23.7 Å². The molecule has 23 heavy (non-hydrogen) atoms. The Balaban J connectivity index is 2.20. The van der Waals surface area contributed by atoms with Gasteiger partial charge in [-0.05, 0) is 31.2 Å². The SMILES string of the molecule is COc1ccc(/C(C)=N\NC(=O)c2ccccc2Cl)c(OC)c1. The van der Waals surface area contributed by atoms with Gasteiger partial charge in [-0.3, -0.25) is 4.79 Å². The van der Waals surface area contributed by atoms with Crippen LogP contribution in [0, 0.1) is 0 Å². The zero-order valence-electron chi connectivity index (χ0n) is 13.1. The van der Waals surface area contributed by atoms with Crippen LogP contribution in [0.4, 0.5) is 0 Å². The smallest absolute Gasteiger partial charge is 0.272 e. The monoisotopic (exact) mass is 332 g/mol. The maximum absolute atomic E-state index is 12.1. The number of nitrogens with zero attached hydrogens (tertiary/aromatic N) is 1. The number of benzene rings is 2. The van der Waals surface area contributed by atoms with Gasteiger partial charge in [-0.25, -0.2) is 5.43 Å². The van der Waals surface area contributed by atoms with Crippen molar-refractivity contribution in [1.82, 2.24) is 5.43 Å². The highest BCUT2D eigenvalue weighted by Gasteiger charge is 2.11. The lowest BCUT2D eigenvalue weighted by Gasteiger charge is -2.10. The first-order valence-corrected chi connectivity index (χ1v) is 7.26. The number of ether oxygens (including phenoxy) is 2. The van der Waals surface area contributed by atoms with Crippen molar-refractivity contribution in [1.29, 1.82) is 0 Å². The summed E-state index contributed by atoms with van der Waals surface area (Å²) in [6, 6.07) is 12.2. The Morgan fingerprint density at radius 3 is 2.48 bits per heavy atom. The van der Waals surface area contributed by atoms with Crippen LogP contribution in [0.1, 0.15) is 22.8 Å². The minimum absolute atomic E-state index is 0.368. The van der Waals surface area contributed by atoms with Crippen molar-refractivity contribution >= 4 is 23.2 Å². The maximum atomic E-state index is 12.1. The Morgan fingerprint density at radius 1 is 1.09 bits per heavy atom. The Bertz CT molecular complexity index is 744. The molecule has 0 aromatic heterocycles. The van der Waals surface area contributed by atoms with E-state index in [0.717, 1.165) is 5.56 Å². The molecule has 0 unspecified atom stereocenters. The summed E-state index contributed by atoms with van der Waals surface area (Å²) in [6.07, 6.45) is 0. The maximum Gasteiger partial charge on any atom is 0.272 e. The van der Waals surface area contributed by atoms with E-state index < -0.39 is 0 Å². The second-order valence-corrected chi connectivity index (χ2v) is 5.09. The third kappa shape index (κ3) is 4.02. The van der Waals surface area contributed by atoms with Crippen LogP contribution in [-0.4, -0.2) is 25.8 Å². The van der Waals surface area contributed by atoms with Gasteiger partial charge in [-0.15, -0.1) is 0 Å². The summed E-state index contributed by atoms with van der Waals surface area (Å²) in [5.41, 5.74) is 4.22. The van der Waals surface area contributed by atoms with Crippen LogP contribution in [0.5, 0.6) is 11.5 Å². The van der Waals surface area contributed by atoms with Gasteiger partial charge in [0.05, 0.1) is 30.5 Å². The molecule has 0 aliphatic heterocycles. The molecule has 0 radical (unpaired) electrons. The van der Waals surface area contributed by atoms with Gasteiger partial charge < -0.3 is 9.47 Å². The first kappa shape index (κ1) is 16.8. The average molecular weight is 333 g/mol. The van der Waals surface area contributed by atoms with E-state index >= 15 is 0 Å². The Morgan fingerprint density at radius 2 is 1.83 bits per heavy atom. The first-order chi connectivity index (χ1) is 11.1. The molecule has 0 heterocycles. The minimum atomic E-state index is -0.373. The highest BCUT2D eigenvalue weighted by atomic mass is 35.5. The summed E-state index contributed by atoms with van der Waals surface area (Å²) in [4.78, 5) is 12.1. The van der Waals surface area contributed by atoms with Gasteiger partial charge in [0.15, 0.2) is 0 Å². The molecule has 120 valence electrons. The number of methoxy groups -OCH3 is 2. The molecule has 1 amide bonds. The summed E-state index contributed by atoms with van der Waals surface area (Å²) < 4.78 is 10.5. The van der Waals surface area contributed by atoms with Crippen LogP contribution in [0.2, 0.25) is 5.02 Å². The lowest BCUT2D eigenvalue weighted by Crippen LogP contribution is -2.19. The molecule has 6 heteroatoms. The van der Waals surface area contributed by atoms with Crippen molar-refractivity contribution in [3.05, 3.63) is 58.6 Å².